The van der Waals surface area contributed by atoms with Crippen molar-refractivity contribution < 1.29 is 8.42 Å². The molecule has 0 unspecified atom stereocenters. The SMILES string of the molecule is Cc1ccc(S(=O)(=O)Nc2ccc3c(c2)N(C#N)c2cc4ccccn4c2N3)cc1. The van der Waals surface area contributed by atoms with Gasteiger partial charge in [0.1, 0.15) is 5.82 Å². The van der Waals surface area contributed by atoms with Gasteiger partial charge < -0.3 is 9.72 Å². The minimum atomic E-state index is -3.74. The van der Waals surface area contributed by atoms with Gasteiger partial charge in [0.05, 0.1) is 27.6 Å². The van der Waals surface area contributed by atoms with Crippen molar-refractivity contribution in [1.82, 2.24) is 4.40 Å². The zero-order chi connectivity index (χ0) is 20.9. The topological polar surface area (TPSA) is 89.6 Å². The molecule has 4 aromatic rings. The van der Waals surface area contributed by atoms with Crippen LogP contribution < -0.4 is 14.9 Å². The monoisotopic (exact) mass is 415 g/mol. The maximum atomic E-state index is 12.7. The Morgan fingerprint density at radius 1 is 1.00 bits per heavy atom. The highest BCUT2D eigenvalue weighted by atomic mass is 32.2. The number of fused-ring (bicyclic) bond motifs is 4. The molecule has 0 saturated heterocycles. The number of pyridine rings is 1. The molecule has 0 fully saturated rings. The average Bonchev–Trinajstić information content (AvgIpc) is 3.10. The molecule has 0 bridgehead atoms. The van der Waals surface area contributed by atoms with Crippen molar-refractivity contribution in [3.8, 4) is 6.19 Å². The summed E-state index contributed by atoms with van der Waals surface area (Å²) < 4.78 is 30.0. The van der Waals surface area contributed by atoms with Crippen molar-refractivity contribution >= 4 is 44.1 Å². The predicted molar refractivity (Wildman–Crippen MR) is 117 cm³/mol. The molecule has 2 aromatic heterocycles. The van der Waals surface area contributed by atoms with E-state index in [0.717, 1.165) is 16.9 Å². The van der Waals surface area contributed by atoms with E-state index in [9.17, 15) is 13.7 Å². The van der Waals surface area contributed by atoms with Crippen molar-refractivity contribution in [1.29, 1.82) is 5.26 Å². The lowest BCUT2D eigenvalue weighted by Crippen LogP contribution is -2.18. The summed E-state index contributed by atoms with van der Waals surface area (Å²) in [6, 6.07) is 19.5. The van der Waals surface area contributed by atoms with Crippen molar-refractivity contribution in [2.75, 3.05) is 14.9 Å². The molecular formula is C22H17N5O2S. The maximum absolute atomic E-state index is 12.7. The molecule has 2 aromatic carbocycles. The lowest BCUT2D eigenvalue weighted by Gasteiger charge is -2.26. The van der Waals surface area contributed by atoms with E-state index < -0.39 is 10.0 Å². The van der Waals surface area contributed by atoms with Gasteiger partial charge in [-0.05, 0) is 55.5 Å². The average molecular weight is 415 g/mol. The van der Waals surface area contributed by atoms with E-state index in [2.05, 4.69) is 16.2 Å². The summed E-state index contributed by atoms with van der Waals surface area (Å²) in [5.41, 5.74) is 4.30. The summed E-state index contributed by atoms with van der Waals surface area (Å²) in [6.45, 7) is 1.90. The largest absolute Gasteiger partial charge is 0.338 e. The van der Waals surface area contributed by atoms with Crippen LogP contribution in [0, 0.1) is 18.4 Å². The lowest BCUT2D eigenvalue weighted by atomic mass is 10.1. The van der Waals surface area contributed by atoms with Gasteiger partial charge in [-0.15, -0.1) is 0 Å². The summed E-state index contributed by atoms with van der Waals surface area (Å²) in [6.07, 6.45) is 4.13. The van der Waals surface area contributed by atoms with Crippen LogP contribution in [-0.2, 0) is 10.0 Å². The van der Waals surface area contributed by atoms with E-state index in [4.69, 9.17) is 0 Å². The molecule has 0 spiro atoms. The Kier molecular flexibility index (Phi) is 3.94. The molecule has 3 heterocycles. The maximum Gasteiger partial charge on any atom is 0.261 e. The van der Waals surface area contributed by atoms with Gasteiger partial charge in [0.2, 0.25) is 0 Å². The number of rotatable bonds is 3. The Labute approximate surface area is 173 Å². The first-order chi connectivity index (χ1) is 14.5. The van der Waals surface area contributed by atoms with Gasteiger partial charge in [-0.2, -0.15) is 5.26 Å². The minimum absolute atomic E-state index is 0.182. The molecule has 1 aliphatic heterocycles. The second-order valence-electron chi connectivity index (χ2n) is 7.08. The van der Waals surface area contributed by atoms with Crippen molar-refractivity contribution in [3.63, 3.8) is 0 Å². The fraction of sp³-hybridized carbons (Fsp3) is 0.0455. The first-order valence-corrected chi connectivity index (χ1v) is 10.8. The molecule has 0 amide bonds. The Morgan fingerprint density at radius 2 is 1.80 bits per heavy atom. The lowest BCUT2D eigenvalue weighted by molar-refractivity contribution is 0.601. The van der Waals surface area contributed by atoms with Gasteiger partial charge in [0.15, 0.2) is 6.19 Å². The van der Waals surface area contributed by atoms with Crippen LogP contribution in [0.2, 0.25) is 0 Å². The number of benzene rings is 2. The van der Waals surface area contributed by atoms with Crippen LogP contribution in [-0.4, -0.2) is 12.8 Å². The number of nitrogens with zero attached hydrogens (tertiary/aromatic N) is 3. The van der Waals surface area contributed by atoms with Crippen LogP contribution in [0.4, 0.5) is 28.6 Å². The first-order valence-electron chi connectivity index (χ1n) is 9.27. The molecule has 5 rings (SSSR count). The summed E-state index contributed by atoms with van der Waals surface area (Å²) in [7, 11) is -3.74. The smallest absolute Gasteiger partial charge is 0.261 e. The van der Waals surface area contributed by atoms with Crippen LogP contribution in [0.15, 0.2) is 77.8 Å². The van der Waals surface area contributed by atoms with Crippen molar-refractivity contribution in [2.45, 2.75) is 11.8 Å². The van der Waals surface area contributed by atoms with Crippen LogP contribution in [0.1, 0.15) is 5.56 Å². The van der Waals surface area contributed by atoms with Gasteiger partial charge in [0.25, 0.3) is 10.0 Å². The Bertz CT molecular complexity index is 1430. The number of hydrogen-bond donors (Lipinski definition) is 2. The van der Waals surface area contributed by atoms with E-state index in [1.165, 1.54) is 4.90 Å². The number of anilines is 5. The number of aryl methyl sites for hydroxylation is 1. The summed E-state index contributed by atoms with van der Waals surface area (Å²) in [5, 5.41) is 13.2. The molecule has 0 atom stereocenters. The molecule has 7 nitrogen and oxygen atoms in total. The highest BCUT2D eigenvalue weighted by Gasteiger charge is 2.26. The summed E-state index contributed by atoms with van der Waals surface area (Å²) >= 11 is 0. The van der Waals surface area contributed by atoms with E-state index in [-0.39, 0.29) is 4.90 Å². The number of nitrogens with one attached hydrogen (secondary N) is 2. The molecule has 8 heteroatoms. The highest BCUT2D eigenvalue weighted by Crippen LogP contribution is 2.45. The number of aromatic nitrogens is 1. The van der Waals surface area contributed by atoms with Crippen LogP contribution in [0.3, 0.4) is 0 Å². The molecular weight excluding hydrogens is 398 g/mol. The third-order valence-electron chi connectivity index (χ3n) is 5.08. The summed E-state index contributed by atoms with van der Waals surface area (Å²) in [5.74, 6) is 0.785. The minimum Gasteiger partial charge on any atom is -0.338 e. The van der Waals surface area contributed by atoms with Crippen molar-refractivity contribution in [2.24, 2.45) is 0 Å². The van der Waals surface area contributed by atoms with Crippen molar-refractivity contribution in [3.05, 3.63) is 78.5 Å². The Balaban J connectivity index is 1.54. The van der Waals surface area contributed by atoms with E-state index >= 15 is 0 Å². The predicted octanol–water partition coefficient (Wildman–Crippen LogP) is 4.72. The van der Waals surface area contributed by atoms with Crippen LogP contribution in [0.25, 0.3) is 5.52 Å². The zero-order valence-electron chi connectivity index (χ0n) is 16.0. The molecule has 30 heavy (non-hydrogen) atoms. The van der Waals surface area contributed by atoms with Gasteiger partial charge >= 0.3 is 0 Å². The summed E-state index contributed by atoms with van der Waals surface area (Å²) in [4.78, 5) is 1.68. The zero-order valence-corrected chi connectivity index (χ0v) is 16.8. The van der Waals surface area contributed by atoms with Gasteiger partial charge in [-0.1, -0.05) is 23.8 Å². The van der Waals surface area contributed by atoms with Gasteiger partial charge in [-0.3, -0.25) is 4.72 Å². The fourth-order valence-corrected chi connectivity index (χ4v) is 4.64. The molecule has 1 aliphatic rings. The third kappa shape index (κ3) is 2.84. The quantitative estimate of drug-likeness (QED) is 0.473. The molecule has 0 radical (unpaired) electrons. The normalized spacial score (nSPS) is 12.6. The standard InChI is InChI=1S/C22H17N5O2S/c1-15-5-8-18(9-6-15)30(28,29)25-16-7-10-19-20(12-16)27(14-23)21-13-17-4-2-3-11-26(17)22(21)24-19/h2-13,24-25H,1H3. The number of hydrogen-bond acceptors (Lipinski definition) is 5. The Morgan fingerprint density at radius 3 is 2.57 bits per heavy atom. The van der Waals surface area contributed by atoms with Gasteiger partial charge in [-0.25, -0.2) is 13.3 Å². The molecule has 0 aliphatic carbocycles. The number of sulfonamides is 1. The number of nitriles is 1. The third-order valence-corrected chi connectivity index (χ3v) is 6.47. The fourth-order valence-electron chi connectivity index (χ4n) is 3.59. The van der Waals surface area contributed by atoms with Crippen LogP contribution in [0.5, 0.6) is 0 Å². The Hall–Kier alpha value is -3.96. The molecule has 148 valence electrons. The first kappa shape index (κ1) is 18.1. The molecule has 2 N–H and O–H groups in total. The van der Waals surface area contributed by atoms with Gasteiger partial charge in [0, 0.05) is 11.7 Å². The second kappa shape index (κ2) is 6.54. The molecule has 0 saturated carbocycles. The van der Waals surface area contributed by atoms with E-state index in [1.807, 2.05) is 41.8 Å². The van der Waals surface area contributed by atoms with E-state index in [0.29, 0.717) is 22.7 Å². The highest BCUT2D eigenvalue weighted by molar-refractivity contribution is 7.92. The van der Waals surface area contributed by atoms with E-state index in [1.54, 1.807) is 42.5 Å². The van der Waals surface area contributed by atoms with Crippen LogP contribution >= 0.6 is 0 Å². The second-order valence-corrected chi connectivity index (χ2v) is 8.77.